The van der Waals surface area contributed by atoms with E-state index < -0.39 is 0 Å². The SMILES string of the molecule is O=C1CC(CCl)CN1c1cc(Cl)c(Cl)cn1. The van der Waals surface area contributed by atoms with Crippen LogP contribution in [-0.2, 0) is 4.79 Å². The van der Waals surface area contributed by atoms with Gasteiger partial charge in [-0.2, -0.15) is 0 Å². The van der Waals surface area contributed by atoms with Crippen LogP contribution in [0.5, 0.6) is 0 Å². The first-order chi connectivity index (χ1) is 7.61. The van der Waals surface area contributed by atoms with E-state index in [0.717, 1.165) is 0 Å². The number of halogens is 3. The Hall–Kier alpha value is -0.510. The van der Waals surface area contributed by atoms with Crippen molar-refractivity contribution >= 4 is 46.5 Å². The van der Waals surface area contributed by atoms with Crippen molar-refractivity contribution in [3.05, 3.63) is 22.3 Å². The molecule has 6 heteroatoms. The van der Waals surface area contributed by atoms with Gasteiger partial charge in [-0.25, -0.2) is 4.98 Å². The van der Waals surface area contributed by atoms with Gasteiger partial charge in [0.1, 0.15) is 5.82 Å². The molecule has 0 aromatic carbocycles. The summed E-state index contributed by atoms with van der Waals surface area (Å²) in [6.45, 7) is 0.591. The molecule has 1 fully saturated rings. The number of carbonyl (C=O) groups is 1. The second-order valence-electron chi connectivity index (χ2n) is 3.69. The molecule has 0 bridgehead atoms. The third kappa shape index (κ3) is 2.26. The largest absolute Gasteiger partial charge is 0.296 e. The first kappa shape index (κ1) is 12.0. The van der Waals surface area contributed by atoms with Crippen molar-refractivity contribution in [3.63, 3.8) is 0 Å². The summed E-state index contributed by atoms with van der Waals surface area (Å²) < 4.78 is 0. The average molecular weight is 280 g/mol. The van der Waals surface area contributed by atoms with Crippen molar-refractivity contribution in [2.24, 2.45) is 5.92 Å². The van der Waals surface area contributed by atoms with Gasteiger partial charge in [-0.3, -0.25) is 9.69 Å². The lowest BCUT2D eigenvalue weighted by Gasteiger charge is -2.15. The van der Waals surface area contributed by atoms with Crippen LogP contribution in [0, 0.1) is 5.92 Å². The molecule has 1 atom stereocenters. The molecule has 1 aliphatic rings. The molecule has 16 heavy (non-hydrogen) atoms. The minimum atomic E-state index is 0.0246. The fraction of sp³-hybridized carbons (Fsp3) is 0.400. The lowest BCUT2D eigenvalue weighted by Crippen LogP contribution is -2.25. The molecule has 1 aromatic heterocycles. The number of pyridine rings is 1. The highest BCUT2D eigenvalue weighted by Gasteiger charge is 2.30. The Balaban J connectivity index is 2.24. The Morgan fingerprint density at radius 1 is 1.44 bits per heavy atom. The Bertz CT molecular complexity index is 425. The van der Waals surface area contributed by atoms with Crippen LogP contribution >= 0.6 is 34.8 Å². The second-order valence-corrected chi connectivity index (χ2v) is 4.81. The maximum absolute atomic E-state index is 11.7. The van der Waals surface area contributed by atoms with Crippen molar-refractivity contribution in [2.45, 2.75) is 6.42 Å². The molecule has 3 nitrogen and oxygen atoms in total. The minimum Gasteiger partial charge on any atom is -0.296 e. The molecular formula is C10H9Cl3N2O. The Kier molecular flexibility index (Phi) is 3.57. The number of amides is 1. The van der Waals surface area contributed by atoms with Crippen molar-refractivity contribution < 1.29 is 4.79 Å². The average Bonchev–Trinajstić information content (AvgIpc) is 2.64. The van der Waals surface area contributed by atoms with E-state index in [1.807, 2.05) is 0 Å². The van der Waals surface area contributed by atoms with E-state index in [1.54, 1.807) is 11.0 Å². The van der Waals surface area contributed by atoms with E-state index in [1.165, 1.54) is 6.20 Å². The molecule has 1 amide bonds. The number of carbonyl (C=O) groups excluding carboxylic acids is 1. The highest BCUT2D eigenvalue weighted by Crippen LogP contribution is 2.29. The number of anilines is 1. The van der Waals surface area contributed by atoms with Crippen LogP contribution in [0.1, 0.15) is 6.42 Å². The maximum Gasteiger partial charge on any atom is 0.228 e. The molecular weight excluding hydrogens is 270 g/mol. The predicted octanol–water partition coefficient (Wildman–Crippen LogP) is 2.98. The summed E-state index contributed by atoms with van der Waals surface area (Å²) in [5.74, 6) is 1.22. The summed E-state index contributed by atoms with van der Waals surface area (Å²) in [4.78, 5) is 17.4. The van der Waals surface area contributed by atoms with E-state index in [2.05, 4.69) is 4.98 Å². The van der Waals surface area contributed by atoms with Gasteiger partial charge in [-0.15, -0.1) is 11.6 Å². The van der Waals surface area contributed by atoms with E-state index in [-0.39, 0.29) is 11.8 Å². The van der Waals surface area contributed by atoms with Crippen LogP contribution in [0.4, 0.5) is 5.82 Å². The molecule has 2 heterocycles. The van der Waals surface area contributed by atoms with Crippen LogP contribution in [0.25, 0.3) is 0 Å². The molecule has 0 spiro atoms. The van der Waals surface area contributed by atoms with Gasteiger partial charge in [0, 0.05) is 31.1 Å². The van der Waals surface area contributed by atoms with Crippen molar-refractivity contribution in [1.82, 2.24) is 4.98 Å². The molecule has 0 N–H and O–H groups in total. The number of hydrogen-bond acceptors (Lipinski definition) is 2. The lowest BCUT2D eigenvalue weighted by molar-refractivity contribution is -0.117. The van der Waals surface area contributed by atoms with Gasteiger partial charge in [0.05, 0.1) is 10.0 Å². The predicted molar refractivity (Wildman–Crippen MR) is 65.4 cm³/mol. The summed E-state index contributed by atoms with van der Waals surface area (Å²) in [5.41, 5.74) is 0. The minimum absolute atomic E-state index is 0.0246. The number of nitrogens with zero attached hydrogens (tertiary/aromatic N) is 2. The second kappa shape index (κ2) is 4.78. The molecule has 86 valence electrons. The van der Waals surface area contributed by atoms with Crippen LogP contribution < -0.4 is 4.90 Å². The Morgan fingerprint density at radius 2 is 2.19 bits per heavy atom. The van der Waals surface area contributed by atoms with E-state index in [0.29, 0.717) is 34.7 Å². The van der Waals surface area contributed by atoms with Crippen LogP contribution in [-0.4, -0.2) is 23.3 Å². The van der Waals surface area contributed by atoms with Gasteiger partial charge in [-0.05, 0) is 5.92 Å². The smallest absolute Gasteiger partial charge is 0.228 e. The van der Waals surface area contributed by atoms with Gasteiger partial charge in [0.2, 0.25) is 5.91 Å². The number of aromatic nitrogens is 1. The molecule has 1 saturated heterocycles. The van der Waals surface area contributed by atoms with Crippen LogP contribution in [0.3, 0.4) is 0 Å². The van der Waals surface area contributed by atoms with Crippen LogP contribution in [0.15, 0.2) is 12.3 Å². The fourth-order valence-electron chi connectivity index (χ4n) is 1.66. The van der Waals surface area contributed by atoms with Crippen molar-refractivity contribution in [3.8, 4) is 0 Å². The highest BCUT2D eigenvalue weighted by molar-refractivity contribution is 6.42. The quantitative estimate of drug-likeness (QED) is 0.780. The topological polar surface area (TPSA) is 33.2 Å². The van der Waals surface area contributed by atoms with Crippen LogP contribution in [0.2, 0.25) is 10.0 Å². The first-order valence-electron chi connectivity index (χ1n) is 4.79. The number of hydrogen-bond donors (Lipinski definition) is 0. The molecule has 0 aliphatic carbocycles. The highest BCUT2D eigenvalue weighted by atomic mass is 35.5. The summed E-state index contributed by atoms with van der Waals surface area (Å²) in [6, 6.07) is 1.60. The van der Waals surface area contributed by atoms with Gasteiger partial charge < -0.3 is 0 Å². The zero-order chi connectivity index (χ0) is 11.7. The first-order valence-corrected chi connectivity index (χ1v) is 6.08. The standard InChI is InChI=1S/C10H9Cl3N2O/c11-3-6-1-10(16)15(5-6)9-2-7(12)8(13)4-14-9/h2,4,6H,1,3,5H2. The summed E-state index contributed by atoms with van der Waals surface area (Å²) in [7, 11) is 0. The normalized spacial score (nSPS) is 20.6. The molecule has 0 saturated carbocycles. The Labute approximate surface area is 108 Å². The van der Waals surface area contributed by atoms with Gasteiger partial charge >= 0.3 is 0 Å². The molecule has 1 unspecified atom stereocenters. The lowest BCUT2D eigenvalue weighted by atomic mass is 10.1. The summed E-state index contributed by atoms with van der Waals surface area (Å²) in [5, 5.41) is 0.778. The zero-order valence-corrected chi connectivity index (χ0v) is 10.6. The van der Waals surface area contributed by atoms with Gasteiger partial charge in [0.15, 0.2) is 0 Å². The molecule has 2 rings (SSSR count). The third-order valence-electron chi connectivity index (χ3n) is 2.49. The maximum atomic E-state index is 11.7. The van der Waals surface area contributed by atoms with E-state index in [4.69, 9.17) is 34.8 Å². The summed E-state index contributed by atoms with van der Waals surface area (Å²) in [6.07, 6.45) is 1.91. The van der Waals surface area contributed by atoms with Gasteiger partial charge in [0.25, 0.3) is 0 Å². The van der Waals surface area contributed by atoms with Crippen molar-refractivity contribution in [1.29, 1.82) is 0 Å². The van der Waals surface area contributed by atoms with Crippen molar-refractivity contribution in [2.75, 3.05) is 17.3 Å². The van der Waals surface area contributed by atoms with Gasteiger partial charge in [-0.1, -0.05) is 23.2 Å². The molecule has 0 radical (unpaired) electrons. The Morgan fingerprint density at radius 3 is 2.75 bits per heavy atom. The monoisotopic (exact) mass is 278 g/mol. The molecule has 1 aliphatic heterocycles. The summed E-state index contributed by atoms with van der Waals surface area (Å²) >= 11 is 17.4. The number of alkyl halides is 1. The fourth-order valence-corrected chi connectivity index (χ4v) is 2.11. The molecule has 1 aromatic rings. The zero-order valence-electron chi connectivity index (χ0n) is 8.29. The van der Waals surface area contributed by atoms with E-state index >= 15 is 0 Å². The number of rotatable bonds is 2. The van der Waals surface area contributed by atoms with E-state index in [9.17, 15) is 4.79 Å². The third-order valence-corrected chi connectivity index (χ3v) is 3.64.